The highest BCUT2D eigenvalue weighted by Gasteiger charge is 2.26. The Hall–Kier alpha value is -4.49. The largest absolute Gasteiger partial charge is 0.489 e. The highest BCUT2D eigenvalue weighted by Crippen LogP contribution is 2.37. The molecule has 9 nitrogen and oxygen atoms in total. The molecule has 3 heterocycles. The van der Waals surface area contributed by atoms with Crippen molar-refractivity contribution in [3.8, 4) is 22.9 Å². The Morgan fingerprint density at radius 1 is 1.08 bits per heavy atom. The molecule has 1 fully saturated rings. The fourth-order valence-electron chi connectivity index (χ4n) is 4.13. The third-order valence-electron chi connectivity index (χ3n) is 6.04. The lowest BCUT2D eigenvalue weighted by molar-refractivity contribution is 0.0845. The highest BCUT2D eigenvalue weighted by molar-refractivity contribution is 5.69. The number of halogens is 1. The van der Waals surface area contributed by atoms with Crippen LogP contribution in [0.3, 0.4) is 0 Å². The summed E-state index contributed by atoms with van der Waals surface area (Å²) in [5.41, 5.74) is 8.88. The molecule has 5 rings (SSSR count). The van der Waals surface area contributed by atoms with Crippen LogP contribution in [-0.4, -0.2) is 33.0 Å². The zero-order valence-corrected chi connectivity index (χ0v) is 20.2. The SMILES string of the molecule is [C-]#[N+]c1c(N)c(C2CCOCC2)nn1-c1ccc(Oc2cc(F)cc(OCc3cnc(C)nc3)c2)cc1. The summed E-state index contributed by atoms with van der Waals surface area (Å²) in [6, 6.07) is 11.2. The minimum Gasteiger partial charge on any atom is -0.489 e. The maximum absolute atomic E-state index is 14.2. The molecule has 188 valence electrons. The van der Waals surface area contributed by atoms with Gasteiger partial charge in [-0.1, -0.05) is 11.7 Å². The van der Waals surface area contributed by atoms with Crippen molar-refractivity contribution in [3.05, 3.63) is 89.2 Å². The molecule has 0 spiro atoms. The van der Waals surface area contributed by atoms with Crippen LogP contribution in [0.25, 0.3) is 10.5 Å². The van der Waals surface area contributed by atoms with E-state index in [-0.39, 0.29) is 24.1 Å². The fraction of sp³-hybridized carbons (Fsp3) is 0.259. The van der Waals surface area contributed by atoms with Crippen LogP contribution in [0, 0.1) is 19.3 Å². The number of anilines is 1. The van der Waals surface area contributed by atoms with Gasteiger partial charge in [0.25, 0.3) is 5.82 Å². The molecule has 0 saturated carbocycles. The molecule has 37 heavy (non-hydrogen) atoms. The Morgan fingerprint density at radius 2 is 1.78 bits per heavy atom. The predicted molar refractivity (Wildman–Crippen MR) is 135 cm³/mol. The summed E-state index contributed by atoms with van der Waals surface area (Å²) in [5, 5.41) is 4.67. The van der Waals surface area contributed by atoms with Gasteiger partial charge >= 0.3 is 0 Å². The highest BCUT2D eigenvalue weighted by atomic mass is 19.1. The van der Waals surface area contributed by atoms with Crippen molar-refractivity contribution in [2.75, 3.05) is 18.9 Å². The first-order chi connectivity index (χ1) is 18.0. The average molecular weight is 501 g/mol. The monoisotopic (exact) mass is 500 g/mol. The second kappa shape index (κ2) is 10.6. The van der Waals surface area contributed by atoms with Crippen LogP contribution in [-0.2, 0) is 11.3 Å². The van der Waals surface area contributed by atoms with E-state index in [0.29, 0.717) is 41.9 Å². The first-order valence-corrected chi connectivity index (χ1v) is 11.8. The van der Waals surface area contributed by atoms with E-state index in [1.54, 1.807) is 54.3 Å². The molecule has 2 aromatic heterocycles. The molecule has 4 aromatic rings. The van der Waals surface area contributed by atoms with E-state index in [2.05, 4.69) is 19.9 Å². The van der Waals surface area contributed by atoms with E-state index >= 15 is 0 Å². The molecule has 2 aromatic carbocycles. The fourth-order valence-corrected chi connectivity index (χ4v) is 4.13. The van der Waals surface area contributed by atoms with Gasteiger partial charge < -0.3 is 24.8 Å². The number of hydrogen-bond acceptors (Lipinski definition) is 7. The van der Waals surface area contributed by atoms with Crippen molar-refractivity contribution < 1.29 is 18.6 Å². The van der Waals surface area contributed by atoms with Crippen LogP contribution in [0.2, 0.25) is 0 Å². The molecule has 1 aliphatic heterocycles. The molecule has 0 amide bonds. The van der Waals surface area contributed by atoms with Crippen molar-refractivity contribution >= 4 is 11.5 Å². The predicted octanol–water partition coefficient (Wildman–Crippen LogP) is 5.51. The van der Waals surface area contributed by atoms with Crippen LogP contribution < -0.4 is 15.2 Å². The normalized spacial score (nSPS) is 13.8. The quantitative estimate of drug-likeness (QED) is 0.334. The molecule has 2 N–H and O–H groups in total. The lowest BCUT2D eigenvalue weighted by atomic mass is 9.96. The number of aryl methyl sites for hydroxylation is 1. The number of nitrogen functional groups attached to an aromatic ring is 1. The smallest absolute Gasteiger partial charge is 0.280 e. The summed E-state index contributed by atoms with van der Waals surface area (Å²) in [6.07, 6.45) is 4.98. The molecular formula is C27H25FN6O3. The third kappa shape index (κ3) is 5.52. The Balaban J connectivity index is 1.31. The van der Waals surface area contributed by atoms with Gasteiger partial charge in [-0.3, -0.25) is 0 Å². The van der Waals surface area contributed by atoms with Gasteiger partial charge in [0.05, 0.1) is 11.4 Å². The second-order valence-corrected chi connectivity index (χ2v) is 8.68. The van der Waals surface area contributed by atoms with E-state index in [1.807, 2.05) is 0 Å². The second-order valence-electron chi connectivity index (χ2n) is 8.68. The molecule has 0 aliphatic carbocycles. The van der Waals surface area contributed by atoms with Crippen LogP contribution in [0.15, 0.2) is 54.9 Å². The van der Waals surface area contributed by atoms with Crippen molar-refractivity contribution in [1.29, 1.82) is 0 Å². The minimum atomic E-state index is -0.487. The van der Waals surface area contributed by atoms with Gasteiger partial charge in [0, 0.05) is 55.3 Å². The lowest BCUT2D eigenvalue weighted by Crippen LogP contribution is -2.15. The van der Waals surface area contributed by atoms with Gasteiger partial charge in [-0.25, -0.2) is 14.4 Å². The number of ether oxygens (including phenoxy) is 3. The number of aromatic nitrogens is 4. The molecule has 0 unspecified atom stereocenters. The summed E-state index contributed by atoms with van der Waals surface area (Å²) < 4.78 is 32.8. The zero-order chi connectivity index (χ0) is 25.8. The molecule has 1 aliphatic rings. The topological polar surface area (TPSA) is 102 Å². The van der Waals surface area contributed by atoms with Crippen LogP contribution >= 0.6 is 0 Å². The average Bonchev–Trinajstić information content (AvgIpc) is 3.25. The summed E-state index contributed by atoms with van der Waals surface area (Å²) in [6.45, 7) is 10.9. The van der Waals surface area contributed by atoms with Crippen molar-refractivity contribution in [3.63, 3.8) is 0 Å². The van der Waals surface area contributed by atoms with E-state index in [9.17, 15) is 4.39 Å². The van der Waals surface area contributed by atoms with Gasteiger partial charge in [0.2, 0.25) is 0 Å². The molecule has 0 radical (unpaired) electrons. The Labute approximate surface area is 213 Å². The summed E-state index contributed by atoms with van der Waals surface area (Å²) >= 11 is 0. The van der Waals surface area contributed by atoms with Gasteiger partial charge in [0.1, 0.15) is 41.2 Å². The third-order valence-corrected chi connectivity index (χ3v) is 6.04. The van der Waals surface area contributed by atoms with E-state index < -0.39 is 5.82 Å². The first-order valence-electron chi connectivity index (χ1n) is 11.8. The summed E-state index contributed by atoms with van der Waals surface area (Å²) in [5.74, 6) is 1.72. The molecule has 0 atom stereocenters. The maximum Gasteiger partial charge on any atom is 0.280 e. The first kappa shape index (κ1) is 24.2. The van der Waals surface area contributed by atoms with E-state index in [0.717, 1.165) is 24.1 Å². The van der Waals surface area contributed by atoms with Gasteiger partial charge in [-0.15, -0.1) is 0 Å². The summed E-state index contributed by atoms with van der Waals surface area (Å²) in [4.78, 5) is 11.9. The van der Waals surface area contributed by atoms with Crippen molar-refractivity contribution in [2.24, 2.45) is 0 Å². The Morgan fingerprint density at radius 3 is 2.49 bits per heavy atom. The number of benzene rings is 2. The van der Waals surface area contributed by atoms with E-state index in [4.69, 9.17) is 26.5 Å². The Bertz CT molecular complexity index is 1420. The maximum atomic E-state index is 14.2. The molecule has 0 bridgehead atoms. The standard InChI is InChI=1S/C27H25FN6O3/c1-17-31-14-18(15-32-17)16-36-23-11-20(28)12-24(13-23)37-22-5-3-21(4-6-22)34-27(30-2)25(29)26(33-34)19-7-9-35-10-8-19/h3-6,11-15,19H,7-10,16,29H2,1H3. The molecule has 1 saturated heterocycles. The Kier molecular flexibility index (Phi) is 6.96. The van der Waals surface area contributed by atoms with E-state index in [1.165, 1.54) is 12.1 Å². The van der Waals surface area contributed by atoms with Crippen molar-refractivity contribution in [1.82, 2.24) is 19.7 Å². The van der Waals surface area contributed by atoms with Crippen LogP contribution in [0.1, 0.15) is 35.8 Å². The number of nitrogens with two attached hydrogens (primary N) is 1. The summed E-state index contributed by atoms with van der Waals surface area (Å²) in [7, 11) is 0. The van der Waals surface area contributed by atoms with Crippen LogP contribution in [0.5, 0.6) is 17.2 Å². The number of hydrogen-bond donors (Lipinski definition) is 1. The molecule has 10 heteroatoms. The molecular weight excluding hydrogens is 475 g/mol. The number of rotatable bonds is 7. The van der Waals surface area contributed by atoms with Gasteiger partial charge in [-0.05, 0) is 44.0 Å². The van der Waals surface area contributed by atoms with Gasteiger partial charge in [-0.2, -0.15) is 4.68 Å². The number of nitrogens with zero attached hydrogens (tertiary/aromatic N) is 5. The van der Waals surface area contributed by atoms with Gasteiger partial charge in [0.15, 0.2) is 0 Å². The zero-order valence-electron chi connectivity index (χ0n) is 20.2. The minimum absolute atomic E-state index is 0.168. The van der Waals surface area contributed by atoms with Crippen LogP contribution in [0.4, 0.5) is 15.9 Å². The van der Waals surface area contributed by atoms with Crippen molar-refractivity contribution in [2.45, 2.75) is 32.3 Å². The lowest BCUT2D eigenvalue weighted by Gasteiger charge is -2.20.